The van der Waals surface area contributed by atoms with Crippen LogP contribution in [-0.2, 0) is 26.7 Å². The standard InChI is InChI=1S/C12H22O3.CH4O.6CH4.Mn/c1-5-6-7-12(4,9-13)8-11(2,3)10(14)15;1-2;;;;;;;/h9H,5-8H2,1-4H3,(H,14,15);2H,1H3;6*1H4;/p-1. The minimum Gasteiger partial charge on any atom is -0.550 e. The molecule has 1 atom stereocenters. The number of carboxylic acid groups (broad SMARTS) is 1. The first kappa shape index (κ1) is 56.5. The van der Waals surface area contributed by atoms with Crippen LogP contribution in [0.15, 0.2) is 0 Å². The summed E-state index contributed by atoms with van der Waals surface area (Å²) < 4.78 is 0. The van der Waals surface area contributed by atoms with E-state index < -0.39 is 16.8 Å². The number of hydrogen-bond donors (Lipinski definition) is 1. The third-order valence-corrected chi connectivity index (χ3v) is 2.78. The van der Waals surface area contributed by atoms with Gasteiger partial charge >= 0.3 is 0 Å². The summed E-state index contributed by atoms with van der Waals surface area (Å²) in [5, 5.41) is 17.9. The number of aliphatic carboxylic acids is 1. The molecule has 0 saturated carbocycles. The number of aliphatic hydroxyl groups excluding tert-OH is 1. The van der Waals surface area contributed by atoms with Crippen molar-refractivity contribution in [2.24, 2.45) is 10.8 Å². The van der Waals surface area contributed by atoms with E-state index in [1.807, 2.05) is 6.92 Å². The molecule has 1 radical (unpaired) electrons. The predicted octanol–water partition coefficient (Wildman–Crippen LogP) is 4.97. The van der Waals surface area contributed by atoms with Gasteiger partial charge in [-0.1, -0.05) is 85.1 Å². The summed E-state index contributed by atoms with van der Waals surface area (Å²) >= 11 is 0. The summed E-state index contributed by atoms with van der Waals surface area (Å²) in [7, 11) is 1.00. The van der Waals surface area contributed by atoms with Crippen LogP contribution in [0.4, 0.5) is 0 Å². The number of carboxylic acids is 1. The topological polar surface area (TPSA) is 77.4 Å². The fourth-order valence-electron chi connectivity index (χ4n) is 1.85. The van der Waals surface area contributed by atoms with Gasteiger partial charge in [0, 0.05) is 41.0 Å². The van der Waals surface area contributed by atoms with Gasteiger partial charge in [-0.15, -0.1) is 0 Å². The van der Waals surface area contributed by atoms with Gasteiger partial charge in [-0.25, -0.2) is 0 Å². The Balaban J connectivity index is -0.0000000343. The second-order valence-corrected chi connectivity index (χ2v) is 5.22. The maximum atomic E-state index is 11.0. The Kier molecular flexibility index (Phi) is 64.7. The second kappa shape index (κ2) is 27.5. The van der Waals surface area contributed by atoms with Gasteiger partial charge in [0.2, 0.25) is 0 Å². The van der Waals surface area contributed by atoms with E-state index in [2.05, 4.69) is 6.92 Å². The van der Waals surface area contributed by atoms with Crippen LogP contribution >= 0.6 is 0 Å². The molecule has 0 bridgehead atoms. The Bertz CT molecular complexity index is 244. The van der Waals surface area contributed by atoms with E-state index in [0.717, 1.165) is 32.7 Å². The quantitative estimate of drug-likeness (QED) is 0.487. The van der Waals surface area contributed by atoms with Crippen molar-refractivity contribution in [2.75, 3.05) is 7.11 Å². The first-order valence-corrected chi connectivity index (χ1v) is 5.90. The van der Waals surface area contributed by atoms with E-state index in [1.165, 1.54) is 0 Å². The van der Waals surface area contributed by atoms with E-state index in [1.54, 1.807) is 13.8 Å². The number of carbonyl (C=O) groups is 2. The number of aldehydes is 1. The molecule has 24 heavy (non-hydrogen) atoms. The van der Waals surface area contributed by atoms with Crippen molar-refractivity contribution < 1.29 is 36.9 Å². The molecule has 0 heterocycles. The normalized spacial score (nSPS) is 10.1. The summed E-state index contributed by atoms with van der Waals surface area (Å²) in [4.78, 5) is 21.9. The minimum atomic E-state index is -1.09. The van der Waals surface area contributed by atoms with Crippen molar-refractivity contribution in [2.45, 2.75) is 97.9 Å². The molecule has 0 aromatic carbocycles. The third-order valence-electron chi connectivity index (χ3n) is 2.78. The Morgan fingerprint density at radius 2 is 1.33 bits per heavy atom. The maximum absolute atomic E-state index is 11.0. The molecule has 0 aromatic rings. The minimum absolute atomic E-state index is 0. The van der Waals surface area contributed by atoms with Crippen molar-refractivity contribution in [1.29, 1.82) is 0 Å². The fraction of sp³-hybridized carbons (Fsp3) is 0.895. The third kappa shape index (κ3) is 23.9. The fourth-order valence-corrected chi connectivity index (χ4v) is 1.85. The molecule has 1 unspecified atom stereocenters. The zero-order valence-electron chi connectivity index (χ0n) is 12.0. The monoisotopic (exact) mass is 396 g/mol. The van der Waals surface area contributed by atoms with Crippen molar-refractivity contribution in [3.63, 3.8) is 0 Å². The summed E-state index contributed by atoms with van der Waals surface area (Å²) in [6.45, 7) is 7.08. The SMILES string of the molecule is C.C.C.C.C.C.CCCCC(C)(C=O)CC(C)(C)C(=O)[O-].CO.[Mn]. The zero-order chi connectivity index (χ0) is 14.1. The second-order valence-electron chi connectivity index (χ2n) is 5.22. The van der Waals surface area contributed by atoms with Gasteiger partial charge in [-0.3, -0.25) is 0 Å². The Morgan fingerprint density at radius 1 is 1.00 bits per heavy atom. The number of aliphatic hydroxyl groups is 1. The maximum Gasteiger partial charge on any atom is 0.125 e. The molecule has 5 heteroatoms. The molecule has 0 aliphatic heterocycles. The van der Waals surface area contributed by atoms with Gasteiger partial charge < -0.3 is 19.8 Å². The summed E-state index contributed by atoms with van der Waals surface area (Å²) in [6.07, 6.45) is 3.91. The van der Waals surface area contributed by atoms with Crippen LogP contribution in [0.5, 0.6) is 0 Å². The van der Waals surface area contributed by atoms with Crippen LogP contribution < -0.4 is 5.11 Å². The van der Waals surface area contributed by atoms with Crippen molar-refractivity contribution in [3.8, 4) is 0 Å². The average molecular weight is 397 g/mol. The van der Waals surface area contributed by atoms with Gasteiger partial charge in [0.25, 0.3) is 0 Å². The number of hydrogen-bond acceptors (Lipinski definition) is 4. The molecule has 0 saturated heterocycles. The molecule has 0 aliphatic rings. The molecular weight excluding hydrogens is 347 g/mol. The zero-order valence-corrected chi connectivity index (χ0v) is 13.1. The molecule has 0 fully saturated rings. The number of rotatable bonds is 7. The molecule has 4 nitrogen and oxygen atoms in total. The van der Waals surface area contributed by atoms with E-state index in [4.69, 9.17) is 5.11 Å². The first-order chi connectivity index (χ1) is 7.77. The largest absolute Gasteiger partial charge is 0.550 e. The van der Waals surface area contributed by atoms with E-state index in [-0.39, 0.29) is 61.6 Å². The van der Waals surface area contributed by atoms with Gasteiger partial charge in [-0.2, -0.15) is 0 Å². The van der Waals surface area contributed by atoms with E-state index in [9.17, 15) is 14.7 Å². The van der Waals surface area contributed by atoms with Crippen LogP contribution in [0.25, 0.3) is 0 Å². The molecule has 0 aliphatic carbocycles. The van der Waals surface area contributed by atoms with Crippen LogP contribution in [0.2, 0.25) is 0 Å². The number of carbonyl (C=O) groups excluding carboxylic acids is 2. The Hall–Kier alpha value is -0.381. The summed E-state index contributed by atoms with van der Waals surface area (Å²) in [6, 6.07) is 0. The molecule has 1 N–H and O–H groups in total. The molecular formula is C19H49MnO4-. The van der Waals surface area contributed by atoms with Crippen molar-refractivity contribution in [3.05, 3.63) is 0 Å². The number of unbranched alkanes of at least 4 members (excludes halogenated alkanes) is 1. The molecule has 157 valence electrons. The summed E-state index contributed by atoms with van der Waals surface area (Å²) in [5.41, 5.74) is -1.48. The Morgan fingerprint density at radius 3 is 1.54 bits per heavy atom. The molecule has 0 aromatic heterocycles. The first-order valence-electron chi connectivity index (χ1n) is 5.90. The summed E-state index contributed by atoms with van der Waals surface area (Å²) in [5.74, 6) is -1.09. The average Bonchev–Trinajstić information content (AvgIpc) is 2.28. The van der Waals surface area contributed by atoms with Gasteiger partial charge in [0.05, 0.1) is 0 Å². The van der Waals surface area contributed by atoms with Crippen molar-refractivity contribution in [1.82, 2.24) is 0 Å². The predicted molar refractivity (Wildman–Crippen MR) is 106 cm³/mol. The van der Waals surface area contributed by atoms with E-state index in [0.29, 0.717) is 6.42 Å². The van der Waals surface area contributed by atoms with Gasteiger partial charge in [0.15, 0.2) is 0 Å². The van der Waals surface area contributed by atoms with Gasteiger partial charge in [0.1, 0.15) is 6.29 Å². The van der Waals surface area contributed by atoms with Crippen LogP contribution in [0.3, 0.4) is 0 Å². The smallest absolute Gasteiger partial charge is 0.125 e. The van der Waals surface area contributed by atoms with Crippen LogP contribution in [0, 0.1) is 10.8 Å². The van der Waals surface area contributed by atoms with E-state index >= 15 is 0 Å². The van der Waals surface area contributed by atoms with Crippen molar-refractivity contribution >= 4 is 12.3 Å². The Labute approximate surface area is 165 Å². The molecule has 0 amide bonds. The van der Waals surface area contributed by atoms with Crippen LogP contribution in [-0.4, -0.2) is 24.5 Å². The van der Waals surface area contributed by atoms with Gasteiger partial charge in [-0.05, 0) is 12.8 Å². The van der Waals surface area contributed by atoms with Crippen LogP contribution in [0.1, 0.15) is 97.9 Å². The molecule has 0 spiro atoms. The molecule has 0 rings (SSSR count).